The Labute approximate surface area is 619 Å². The van der Waals surface area contributed by atoms with Crippen molar-refractivity contribution in [2.75, 3.05) is 48.6 Å². The van der Waals surface area contributed by atoms with Crippen molar-refractivity contribution in [3.8, 4) is 0 Å². The van der Waals surface area contributed by atoms with Crippen LogP contribution in [-0.4, -0.2) is 91.1 Å². The van der Waals surface area contributed by atoms with Crippen LogP contribution in [0.3, 0.4) is 0 Å². The van der Waals surface area contributed by atoms with Crippen LogP contribution in [0.4, 0.5) is 16.2 Å². The number of amides is 4. The molecule has 1 aliphatic rings. The van der Waals surface area contributed by atoms with Gasteiger partial charge in [0.25, 0.3) is 11.8 Å². The van der Waals surface area contributed by atoms with Crippen molar-refractivity contribution in [2.24, 2.45) is 17.3 Å². The van der Waals surface area contributed by atoms with E-state index in [-0.39, 0.29) is 80.5 Å². The van der Waals surface area contributed by atoms with Crippen LogP contribution in [0.5, 0.6) is 0 Å². The second-order valence-electron chi connectivity index (χ2n) is 25.6. The van der Waals surface area contributed by atoms with Gasteiger partial charge in [-0.15, -0.1) is 41.9 Å². The maximum atomic E-state index is 14.1. The summed E-state index contributed by atoms with van der Waals surface area (Å²) >= 11 is 22.4. The molecule has 3 N–H and O–H groups in total. The lowest BCUT2D eigenvalue weighted by Crippen LogP contribution is -2.40. The van der Waals surface area contributed by atoms with E-state index in [4.69, 9.17) is 50.9 Å². The van der Waals surface area contributed by atoms with Gasteiger partial charge in [-0.2, -0.15) is 0 Å². The van der Waals surface area contributed by atoms with Crippen molar-refractivity contribution in [3.63, 3.8) is 0 Å². The van der Waals surface area contributed by atoms with Crippen LogP contribution in [0.1, 0.15) is 183 Å². The van der Waals surface area contributed by atoms with Crippen molar-refractivity contribution >= 4 is 142 Å². The summed E-state index contributed by atoms with van der Waals surface area (Å²) in [5, 5.41) is 3.92. The quantitative estimate of drug-likeness (QED) is 0.00827. The van der Waals surface area contributed by atoms with E-state index in [2.05, 4.69) is 60.9 Å². The molecule has 0 bridgehead atoms. The smallest absolute Gasteiger partial charge is 0.337 e. The number of hydrogen-bond donors (Lipinski definition) is 3. The number of hydrogen-bond acceptors (Lipinski definition) is 16. The topological polar surface area (TPSA) is 169 Å². The average Bonchev–Trinajstić information content (AvgIpc) is 0.743. The molecule has 1 aliphatic heterocycles. The first kappa shape index (κ1) is 78.2. The van der Waals surface area contributed by atoms with Crippen molar-refractivity contribution in [3.05, 3.63) is 227 Å². The second kappa shape index (κ2) is 40.8. The number of ether oxygens (including phenoxy) is 3. The summed E-state index contributed by atoms with van der Waals surface area (Å²) in [6.45, 7) is 12.0. The zero-order valence-corrected chi connectivity index (χ0v) is 62.6. The van der Waals surface area contributed by atoms with E-state index >= 15 is 0 Å². The number of hydrazine groups is 1. The Morgan fingerprint density at radius 2 is 1.06 bits per heavy atom. The number of imide groups is 1. The zero-order valence-electron chi connectivity index (χ0n) is 57.7. The Balaban J connectivity index is 0.902. The highest BCUT2D eigenvalue weighted by Gasteiger charge is 2.35. The van der Waals surface area contributed by atoms with Crippen LogP contribution in [0.15, 0.2) is 183 Å². The number of urea groups is 1. The number of nitrogens with zero attached hydrogens (tertiary/aromatic N) is 1. The minimum Gasteiger partial charge on any atom is -0.465 e. The van der Waals surface area contributed by atoms with E-state index in [9.17, 15) is 28.8 Å². The molecule has 4 atom stereocenters. The average molecular weight is 1460 g/mol. The summed E-state index contributed by atoms with van der Waals surface area (Å²) in [6, 6.07) is 54.4. The second-order valence-corrected chi connectivity index (χ2v) is 31.1. The summed E-state index contributed by atoms with van der Waals surface area (Å²) in [7, 11) is 0. The van der Waals surface area contributed by atoms with E-state index in [0.29, 0.717) is 83.6 Å². The third kappa shape index (κ3) is 24.1. The highest BCUT2D eigenvalue weighted by Crippen LogP contribution is 2.43. The molecule has 0 aromatic heterocycles. The largest absolute Gasteiger partial charge is 0.465 e. The number of esters is 3. The predicted octanol–water partition coefficient (Wildman–Crippen LogP) is 19.9. The molecule has 13 nitrogen and oxygen atoms in total. The van der Waals surface area contributed by atoms with Gasteiger partial charge in [0.15, 0.2) is 0 Å². The van der Waals surface area contributed by atoms with Crippen LogP contribution in [0.2, 0.25) is 0 Å². The van der Waals surface area contributed by atoms with Crippen molar-refractivity contribution in [1.29, 1.82) is 0 Å². The van der Waals surface area contributed by atoms with Crippen LogP contribution in [-0.2, 0) is 35.0 Å². The number of allylic oxidation sites excluding steroid dienone is 1. The predicted molar refractivity (Wildman–Crippen MR) is 424 cm³/mol. The van der Waals surface area contributed by atoms with E-state index in [1.807, 2.05) is 128 Å². The normalized spacial score (nSPS) is 13.6. The van der Waals surface area contributed by atoms with Crippen molar-refractivity contribution in [2.45, 2.75) is 135 Å². The Morgan fingerprint density at radius 1 is 0.570 bits per heavy atom. The van der Waals surface area contributed by atoms with Gasteiger partial charge in [-0.3, -0.25) is 39.7 Å². The maximum Gasteiger partial charge on any atom is 0.337 e. The molecular formula is C81H92N4O9S6. The molecule has 1 heterocycles. The van der Waals surface area contributed by atoms with Gasteiger partial charge in [0.1, 0.15) is 19.8 Å². The van der Waals surface area contributed by atoms with Gasteiger partial charge < -0.3 is 19.5 Å². The number of anilines is 2. The van der Waals surface area contributed by atoms with Gasteiger partial charge in [-0.05, 0) is 164 Å². The van der Waals surface area contributed by atoms with Gasteiger partial charge in [-0.25, -0.2) is 4.79 Å². The SMILES string of the molecule is C=CCCc1ccc(C(CCCC(=O)OCC(CC)(COC(=O)CCCC(C)CCSC(=S)c2ccccc2)COC(=O)CCCC(C)CCSC(=S)c2ccccc2)CC(SC(=S)c2ccccc2)c2ccc(NC(=O)NNc3ccc4c5c(cccc35)C(=O)N(CC)C4=O)cc2)cc1. The maximum absolute atomic E-state index is 14.1. The highest BCUT2D eigenvalue weighted by atomic mass is 32.2. The summed E-state index contributed by atoms with van der Waals surface area (Å²) in [4.78, 5) is 82.2. The molecule has 0 aliphatic carbocycles. The Morgan fingerprint density at radius 3 is 1.56 bits per heavy atom. The fourth-order valence-corrected chi connectivity index (χ4v) is 16.3. The molecule has 0 spiro atoms. The van der Waals surface area contributed by atoms with E-state index < -0.39 is 17.4 Å². The molecule has 100 heavy (non-hydrogen) atoms. The van der Waals surface area contributed by atoms with Gasteiger partial charge in [0, 0.05) is 58.6 Å². The number of benzene rings is 7. The lowest BCUT2D eigenvalue weighted by molar-refractivity contribution is -0.162. The van der Waals surface area contributed by atoms with Crippen LogP contribution in [0.25, 0.3) is 10.8 Å². The number of carbonyl (C=O) groups is 6. The molecule has 7 aromatic carbocycles. The Bertz CT molecular complexity index is 3790. The molecule has 7 aromatic rings. The third-order valence-corrected chi connectivity index (χ3v) is 22.9. The van der Waals surface area contributed by atoms with Gasteiger partial charge in [0.2, 0.25) is 0 Å². The molecule has 0 fully saturated rings. The molecular weight excluding hydrogens is 1370 g/mol. The van der Waals surface area contributed by atoms with Crippen molar-refractivity contribution in [1.82, 2.24) is 10.3 Å². The lowest BCUT2D eigenvalue weighted by atomic mass is 9.87. The Kier molecular flexibility index (Phi) is 31.9. The van der Waals surface area contributed by atoms with Crippen LogP contribution in [0, 0.1) is 17.3 Å². The molecule has 526 valence electrons. The number of nitrogens with one attached hydrogen (secondary N) is 3. The molecule has 0 saturated heterocycles. The number of aryl methyl sites for hydroxylation is 1. The first-order valence-electron chi connectivity index (χ1n) is 34.7. The number of thioether (sulfide) groups is 3. The number of carbonyl (C=O) groups excluding carboxylic acids is 6. The van der Waals surface area contributed by atoms with Gasteiger partial charge in [0.05, 0.1) is 23.7 Å². The zero-order chi connectivity index (χ0) is 71.2. The summed E-state index contributed by atoms with van der Waals surface area (Å²) < 4.78 is 20.6. The summed E-state index contributed by atoms with van der Waals surface area (Å²) in [5.74, 6) is 0.692. The Hall–Kier alpha value is -7.52. The van der Waals surface area contributed by atoms with Crippen LogP contribution < -0.4 is 16.2 Å². The monoisotopic (exact) mass is 1460 g/mol. The van der Waals surface area contributed by atoms with Gasteiger partial charge in [-0.1, -0.05) is 216 Å². The summed E-state index contributed by atoms with van der Waals surface area (Å²) in [6.07, 6.45) is 11.3. The fourth-order valence-electron chi connectivity index (χ4n) is 11.9. The fraction of sp³-hybridized carbons (Fsp3) is 0.370. The first-order valence-corrected chi connectivity index (χ1v) is 38.8. The van der Waals surface area contributed by atoms with Gasteiger partial charge >= 0.3 is 23.9 Å². The molecule has 19 heteroatoms. The molecule has 8 rings (SSSR count). The molecule has 0 radical (unpaired) electrons. The highest BCUT2D eigenvalue weighted by molar-refractivity contribution is 8.24. The minimum atomic E-state index is -0.976. The van der Waals surface area contributed by atoms with E-state index in [0.717, 1.165) is 90.4 Å². The summed E-state index contributed by atoms with van der Waals surface area (Å²) in [5.41, 5.74) is 13.0. The first-order chi connectivity index (χ1) is 48.5. The van der Waals surface area contributed by atoms with E-state index in [1.165, 1.54) is 10.5 Å². The minimum absolute atomic E-state index is 0.0305. The van der Waals surface area contributed by atoms with Crippen LogP contribution >= 0.6 is 71.9 Å². The van der Waals surface area contributed by atoms with E-state index in [1.54, 1.807) is 72.5 Å². The van der Waals surface area contributed by atoms with Crippen molar-refractivity contribution < 1.29 is 43.0 Å². The number of rotatable bonds is 40. The third-order valence-electron chi connectivity index (χ3n) is 18.2. The molecule has 4 amide bonds. The standard InChI is InChI=1S/C81H92N4O9S6/c1-6-9-25-58-38-40-59(41-39-58)64(52-70(100-79(97)63-30-17-12-18-31-63)60-42-44-65(45-43-60)82-80(91)84-83-69-47-46-68-74-66(69)33-22-34-67(74)75(89)85(8-3)76(68)90)32-21-37-73(88)94-55-81(7-2,53-92-71(86)35-19-23-56(4)48-50-98-77(95)61-26-13-10-14-27-61)54-93-72(87)36-20-24-57(5)49-51-99-78(96)62-28-15-11-16-29-62/h6,10-18,22,26-31,33-34,38-47,56-57,64,70,83H,1,7-9,19-21,23-25,32,35-37,48-55H2,2-5H3,(H2,82,84,91). The number of thiocarbonyl (C=S) groups is 3. The molecule has 0 saturated carbocycles. The molecule has 4 unspecified atom stereocenters. The lowest BCUT2D eigenvalue weighted by Gasteiger charge is -2.31.